The van der Waals surface area contributed by atoms with Crippen LogP contribution in [0.5, 0.6) is 0 Å². The van der Waals surface area contributed by atoms with Crippen LogP contribution >= 0.6 is 0 Å². The highest BCUT2D eigenvalue weighted by atomic mass is 16.5. The topological polar surface area (TPSA) is 38.1 Å². The summed E-state index contributed by atoms with van der Waals surface area (Å²) in [4.78, 5) is 0. The van der Waals surface area contributed by atoms with Crippen LogP contribution in [0.4, 0.5) is 5.69 Å². The predicted molar refractivity (Wildman–Crippen MR) is 76.6 cm³/mol. The summed E-state index contributed by atoms with van der Waals surface area (Å²) in [5.41, 5.74) is 6.23. The third kappa shape index (κ3) is 1.76. The van der Waals surface area contributed by atoms with E-state index in [1.165, 1.54) is 29.5 Å². The SMILES string of the molecule is CNc1conc1C1(C)CCCc2cccc(C)c21. The first-order valence-electron chi connectivity index (χ1n) is 6.88. The van der Waals surface area contributed by atoms with Crippen molar-refractivity contribution < 1.29 is 4.52 Å². The predicted octanol–water partition coefficient (Wildman–Crippen LogP) is 3.67. The number of hydrogen-bond donors (Lipinski definition) is 1. The molecule has 19 heavy (non-hydrogen) atoms. The monoisotopic (exact) mass is 256 g/mol. The van der Waals surface area contributed by atoms with Crippen LogP contribution in [-0.2, 0) is 11.8 Å². The van der Waals surface area contributed by atoms with Crippen molar-refractivity contribution in [2.24, 2.45) is 0 Å². The number of hydrogen-bond acceptors (Lipinski definition) is 3. The molecule has 1 heterocycles. The summed E-state index contributed by atoms with van der Waals surface area (Å²) in [6.45, 7) is 4.48. The molecule has 0 saturated carbocycles. The van der Waals surface area contributed by atoms with Crippen LogP contribution < -0.4 is 5.32 Å². The van der Waals surface area contributed by atoms with Crippen molar-refractivity contribution in [1.82, 2.24) is 5.16 Å². The third-order valence-corrected chi connectivity index (χ3v) is 4.40. The smallest absolute Gasteiger partial charge is 0.147 e. The quantitative estimate of drug-likeness (QED) is 0.891. The number of nitrogens with one attached hydrogen (secondary N) is 1. The molecule has 3 heteroatoms. The summed E-state index contributed by atoms with van der Waals surface area (Å²) >= 11 is 0. The number of rotatable bonds is 2. The van der Waals surface area contributed by atoms with E-state index < -0.39 is 0 Å². The number of nitrogens with zero attached hydrogens (tertiary/aromatic N) is 1. The molecule has 0 radical (unpaired) electrons. The van der Waals surface area contributed by atoms with Crippen LogP contribution in [-0.4, -0.2) is 12.2 Å². The lowest BCUT2D eigenvalue weighted by Crippen LogP contribution is -2.31. The minimum absolute atomic E-state index is 0.0513. The Morgan fingerprint density at radius 1 is 1.37 bits per heavy atom. The molecule has 1 unspecified atom stereocenters. The van der Waals surface area contributed by atoms with Crippen LogP contribution in [0, 0.1) is 6.92 Å². The lowest BCUT2D eigenvalue weighted by Gasteiger charge is -2.36. The van der Waals surface area contributed by atoms with Crippen molar-refractivity contribution in [2.45, 2.75) is 38.5 Å². The van der Waals surface area contributed by atoms with Gasteiger partial charge in [-0.2, -0.15) is 0 Å². The summed E-state index contributed by atoms with van der Waals surface area (Å²) < 4.78 is 5.20. The molecule has 0 aliphatic heterocycles. The molecule has 1 aliphatic rings. The first-order chi connectivity index (χ1) is 9.16. The second kappa shape index (κ2) is 4.41. The van der Waals surface area contributed by atoms with Crippen LogP contribution in [0.2, 0.25) is 0 Å². The van der Waals surface area contributed by atoms with Gasteiger partial charge in [0.05, 0.1) is 5.69 Å². The fourth-order valence-electron chi connectivity index (χ4n) is 3.53. The average molecular weight is 256 g/mol. The van der Waals surface area contributed by atoms with E-state index in [-0.39, 0.29) is 5.41 Å². The van der Waals surface area contributed by atoms with Gasteiger partial charge in [0.1, 0.15) is 12.0 Å². The lowest BCUT2D eigenvalue weighted by molar-refractivity contribution is 0.375. The fraction of sp³-hybridized carbons (Fsp3) is 0.438. The third-order valence-electron chi connectivity index (χ3n) is 4.40. The van der Waals surface area contributed by atoms with E-state index in [4.69, 9.17) is 4.52 Å². The van der Waals surface area contributed by atoms with Gasteiger partial charge in [0.25, 0.3) is 0 Å². The maximum Gasteiger partial charge on any atom is 0.147 e. The molecule has 0 spiro atoms. The van der Waals surface area contributed by atoms with Crippen molar-refractivity contribution in [3.63, 3.8) is 0 Å². The van der Waals surface area contributed by atoms with Crippen LogP contribution in [0.15, 0.2) is 29.0 Å². The van der Waals surface area contributed by atoms with E-state index in [1.807, 2.05) is 7.05 Å². The van der Waals surface area contributed by atoms with Crippen molar-refractivity contribution in [2.75, 3.05) is 12.4 Å². The minimum atomic E-state index is -0.0513. The van der Waals surface area contributed by atoms with Crippen molar-refractivity contribution in [3.05, 3.63) is 46.8 Å². The van der Waals surface area contributed by atoms with Crippen LogP contribution in [0.3, 0.4) is 0 Å². The van der Waals surface area contributed by atoms with Crippen molar-refractivity contribution >= 4 is 5.69 Å². The molecule has 1 aromatic carbocycles. The molecule has 1 aliphatic carbocycles. The molecule has 0 saturated heterocycles. The highest BCUT2D eigenvalue weighted by molar-refractivity contribution is 5.56. The Balaban J connectivity index is 2.22. The van der Waals surface area contributed by atoms with Gasteiger partial charge in [-0.1, -0.05) is 23.4 Å². The molecule has 1 atom stereocenters. The van der Waals surface area contributed by atoms with Gasteiger partial charge in [-0.05, 0) is 49.8 Å². The van der Waals surface area contributed by atoms with Gasteiger partial charge in [0.2, 0.25) is 0 Å². The number of fused-ring (bicyclic) bond motifs is 1. The Kier molecular flexibility index (Phi) is 2.85. The minimum Gasteiger partial charge on any atom is -0.384 e. The van der Waals surface area contributed by atoms with Crippen molar-refractivity contribution in [3.8, 4) is 0 Å². The van der Waals surface area contributed by atoms with Gasteiger partial charge < -0.3 is 9.84 Å². The maximum atomic E-state index is 5.20. The summed E-state index contributed by atoms with van der Waals surface area (Å²) in [6, 6.07) is 6.60. The normalized spacial score (nSPS) is 22.1. The molecule has 0 fully saturated rings. The van der Waals surface area contributed by atoms with Crippen LogP contribution in [0.1, 0.15) is 42.1 Å². The molecular weight excluding hydrogens is 236 g/mol. The largest absolute Gasteiger partial charge is 0.384 e. The molecular formula is C16H20N2O. The molecule has 2 aromatic rings. The van der Waals surface area contributed by atoms with Gasteiger partial charge in [0.15, 0.2) is 0 Å². The molecule has 1 aromatic heterocycles. The zero-order valence-corrected chi connectivity index (χ0v) is 11.8. The van der Waals surface area contributed by atoms with Gasteiger partial charge in [-0.3, -0.25) is 0 Å². The number of anilines is 1. The molecule has 0 amide bonds. The highest BCUT2D eigenvalue weighted by Gasteiger charge is 2.38. The first-order valence-corrected chi connectivity index (χ1v) is 6.88. The van der Waals surface area contributed by atoms with E-state index >= 15 is 0 Å². The van der Waals surface area contributed by atoms with Gasteiger partial charge in [0, 0.05) is 12.5 Å². The number of aryl methyl sites for hydroxylation is 2. The van der Waals surface area contributed by atoms with E-state index in [2.05, 4.69) is 42.5 Å². The van der Waals surface area contributed by atoms with Crippen LogP contribution in [0.25, 0.3) is 0 Å². The fourth-order valence-corrected chi connectivity index (χ4v) is 3.53. The lowest BCUT2D eigenvalue weighted by atomic mass is 9.67. The molecule has 1 N–H and O–H groups in total. The molecule has 3 nitrogen and oxygen atoms in total. The molecule has 3 rings (SSSR count). The maximum absolute atomic E-state index is 5.20. The van der Waals surface area contributed by atoms with Gasteiger partial charge in [-0.15, -0.1) is 0 Å². The van der Waals surface area contributed by atoms with E-state index in [0.717, 1.165) is 17.8 Å². The Bertz CT molecular complexity index is 603. The summed E-state index contributed by atoms with van der Waals surface area (Å²) in [5, 5.41) is 7.48. The zero-order valence-electron chi connectivity index (χ0n) is 11.8. The second-order valence-electron chi connectivity index (χ2n) is 5.62. The Labute approximate surface area is 114 Å². The Morgan fingerprint density at radius 3 is 3.00 bits per heavy atom. The van der Waals surface area contributed by atoms with Crippen molar-refractivity contribution in [1.29, 1.82) is 0 Å². The molecule has 100 valence electrons. The summed E-state index contributed by atoms with van der Waals surface area (Å²) in [5.74, 6) is 0. The number of benzene rings is 1. The summed E-state index contributed by atoms with van der Waals surface area (Å²) in [7, 11) is 1.92. The van der Waals surface area contributed by atoms with E-state index in [1.54, 1.807) is 6.26 Å². The first kappa shape index (κ1) is 12.3. The highest BCUT2D eigenvalue weighted by Crippen LogP contribution is 2.45. The van der Waals surface area contributed by atoms with E-state index in [0.29, 0.717) is 0 Å². The Hall–Kier alpha value is -1.77. The van der Waals surface area contributed by atoms with Gasteiger partial charge in [-0.25, -0.2) is 0 Å². The van der Waals surface area contributed by atoms with Gasteiger partial charge >= 0.3 is 0 Å². The average Bonchev–Trinajstić information content (AvgIpc) is 2.88. The Morgan fingerprint density at radius 2 is 2.21 bits per heavy atom. The van der Waals surface area contributed by atoms with E-state index in [9.17, 15) is 0 Å². The standard InChI is InChI=1S/C16H20N2O/c1-11-6-4-7-12-8-5-9-16(2,14(11)12)15-13(17-3)10-19-18-15/h4,6-7,10,17H,5,8-9H2,1-3H3. The number of aromatic nitrogens is 1. The molecule has 0 bridgehead atoms. The summed E-state index contributed by atoms with van der Waals surface area (Å²) in [6.07, 6.45) is 5.18. The second-order valence-corrected chi connectivity index (χ2v) is 5.62. The zero-order chi connectivity index (χ0) is 13.5.